The van der Waals surface area contributed by atoms with E-state index in [2.05, 4.69) is 20.8 Å². The minimum atomic E-state index is -2.04. The van der Waals surface area contributed by atoms with Crippen molar-refractivity contribution in [2.45, 2.75) is 173 Å². The highest BCUT2D eigenvalue weighted by molar-refractivity contribution is 6.11. The Bertz CT molecular complexity index is 1800. The number of aliphatic hydroxyl groups is 5. The second-order valence-corrected chi connectivity index (χ2v) is 20.4. The number of hydrogen-bond acceptors (Lipinski definition) is 13. The molecule has 19 atom stereocenters. The molecule has 0 bridgehead atoms. The molecular weight excluding hydrogens is 760 g/mol. The molecular formula is C42H60O16. The number of aliphatic carboxylic acids is 3. The van der Waals surface area contributed by atoms with Crippen molar-refractivity contribution in [3.8, 4) is 0 Å². The fraction of sp³-hybridized carbons (Fsp3) is 0.857. The zero-order valence-corrected chi connectivity index (χ0v) is 34.0. The first kappa shape index (κ1) is 42.2. The lowest BCUT2D eigenvalue weighted by Gasteiger charge is -2.80. The van der Waals surface area contributed by atoms with Crippen molar-refractivity contribution < 1.29 is 79.0 Å². The van der Waals surface area contributed by atoms with Crippen molar-refractivity contribution in [1.29, 1.82) is 0 Å². The summed E-state index contributed by atoms with van der Waals surface area (Å²) in [5.41, 5.74) is -0.276. The summed E-state index contributed by atoms with van der Waals surface area (Å²) in [5.74, 6) is -4.08. The van der Waals surface area contributed by atoms with Gasteiger partial charge in [0, 0.05) is 16.9 Å². The van der Waals surface area contributed by atoms with Gasteiger partial charge in [0.2, 0.25) is 0 Å². The fourth-order valence-corrected chi connectivity index (χ4v) is 14.2. The first-order chi connectivity index (χ1) is 27.0. The highest BCUT2D eigenvalue weighted by Gasteiger charge is 2.83. The minimum absolute atomic E-state index is 0.0402. The van der Waals surface area contributed by atoms with Gasteiger partial charge in [0.15, 0.2) is 30.6 Å². The third kappa shape index (κ3) is 5.31. The summed E-state index contributed by atoms with van der Waals surface area (Å²) in [6.45, 7) is 12.7. The lowest BCUT2D eigenvalue weighted by Crippen LogP contribution is -2.78. The second-order valence-electron chi connectivity index (χ2n) is 20.4. The summed E-state index contributed by atoms with van der Waals surface area (Å²) in [5, 5.41) is 83.0. The van der Waals surface area contributed by atoms with Crippen molar-refractivity contribution >= 4 is 23.7 Å². The van der Waals surface area contributed by atoms with Crippen LogP contribution in [0.25, 0.3) is 0 Å². The van der Waals surface area contributed by atoms with Crippen LogP contribution in [0.3, 0.4) is 0 Å². The first-order valence-electron chi connectivity index (χ1n) is 21.0. The van der Waals surface area contributed by atoms with Gasteiger partial charge in [-0.05, 0) is 105 Å². The summed E-state index contributed by atoms with van der Waals surface area (Å²) >= 11 is 0. The number of fused-ring (bicyclic) bond motifs is 5. The normalized spacial score (nSPS) is 53.1. The molecule has 0 aromatic heterocycles. The van der Waals surface area contributed by atoms with E-state index in [0.29, 0.717) is 25.7 Å². The first-order valence-corrected chi connectivity index (χ1v) is 21.0. The molecule has 2 saturated heterocycles. The van der Waals surface area contributed by atoms with Crippen LogP contribution >= 0.6 is 0 Å². The Labute approximate surface area is 336 Å². The zero-order valence-electron chi connectivity index (χ0n) is 34.0. The summed E-state index contributed by atoms with van der Waals surface area (Å²) < 4.78 is 23.4. The summed E-state index contributed by atoms with van der Waals surface area (Å²) in [6, 6.07) is 0. The Morgan fingerprint density at radius 2 is 1.33 bits per heavy atom. The molecule has 5 saturated carbocycles. The molecule has 2 heterocycles. The Hall–Kier alpha value is -2.54. The summed E-state index contributed by atoms with van der Waals surface area (Å²) in [7, 11) is 0. The number of ether oxygens (including phenoxy) is 4. The molecule has 0 radical (unpaired) electrons. The molecule has 6 aliphatic carbocycles. The summed E-state index contributed by atoms with van der Waals surface area (Å²) in [6.07, 6.45) is -12.9. The van der Waals surface area contributed by atoms with Gasteiger partial charge in [-0.25, -0.2) is 9.59 Å². The zero-order chi connectivity index (χ0) is 42.4. The number of ketones is 1. The van der Waals surface area contributed by atoms with Gasteiger partial charge in [-0.15, -0.1) is 0 Å². The van der Waals surface area contributed by atoms with Crippen LogP contribution in [0.2, 0.25) is 0 Å². The molecule has 8 rings (SSSR count). The molecule has 16 heteroatoms. The van der Waals surface area contributed by atoms with E-state index in [-0.39, 0.29) is 39.8 Å². The van der Waals surface area contributed by atoms with Crippen molar-refractivity contribution in [2.75, 3.05) is 0 Å². The lowest BCUT2D eigenvalue weighted by molar-refractivity contribution is -0.372. The van der Waals surface area contributed by atoms with E-state index in [4.69, 9.17) is 18.9 Å². The Kier molecular flexibility index (Phi) is 9.80. The molecule has 7 fully saturated rings. The molecule has 0 aromatic rings. The molecule has 8 N–H and O–H groups in total. The Morgan fingerprint density at radius 1 is 0.724 bits per heavy atom. The van der Waals surface area contributed by atoms with Crippen LogP contribution in [0.15, 0.2) is 11.1 Å². The highest BCUT2D eigenvalue weighted by atomic mass is 16.8. The predicted octanol–water partition coefficient (Wildman–Crippen LogP) is 2.00. The number of rotatable bonds is 8. The van der Waals surface area contributed by atoms with Crippen molar-refractivity contribution in [3.63, 3.8) is 0 Å². The van der Waals surface area contributed by atoms with Crippen LogP contribution in [0.4, 0.5) is 0 Å². The van der Waals surface area contributed by atoms with E-state index >= 15 is 0 Å². The summed E-state index contributed by atoms with van der Waals surface area (Å²) in [4.78, 5) is 51.3. The van der Waals surface area contributed by atoms with Gasteiger partial charge in [0.05, 0.1) is 11.5 Å². The van der Waals surface area contributed by atoms with Gasteiger partial charge in [0.1, 0.15) is 36.6 Å². The van der Waals surface area contributed by atoms with E-state index in [9.17, 15) is 60.0 Å². The molecule has 16 nitrogen and oxygen atoms in total. The van der Waals surface area contributed by atoms with Crippen LogP contribution < -0.4 is 0 Å². The van der Waals surface area contributed by atoms with E-state index in [1.807, 2.05) is 20.8 Å². The van der Waals surface area contributed by atoms with Crippen LogP contribution in [-0.4, -0.2) is 132 Å². The van der Waals surface area contributed by atoms with Crippen LogP contribution in [0, 0.1) is 50.2 Å². The SMILES string of the molecule is CC[C@@]12CC[C@H](O[C@@H]3O[C@@H](C(=O)O)[C@H](O)[C@@H](O)[C@@H]3O[C@H]3O[C@@H](C(=O)O)[C@H](O)[C@@H](O)[C@@H]3O)C(C)(C)[C@H]1CC[C@]13C(=C4[C@H]5C[C@@](C)(C(=O)O)CC[C@@]5(C)CC[C@@]41C)C(=O)[C@@H]23. The van der Waals surface area contributed by atoms with Gasteiger partial charge in [-0.1, -0.05) is 40.2 Å². The van der Waals surface area contributed by atoms with Crippen molar-refractivity contribution in [3.05, 3.63) is 11.1 Å². The number of carbonyl (C=O) groups is 4. The number of carboxylic acid groups (broad SMARTS) is 3. The number of allylic oxidation sites excluding steroid dienone is 2. The predicted molar refractivity (Wildman–Crippen MR) is 197 cm³/mol. The topological polar surface area (TPSA) is 267 Å². The van der Waals surface area contributed by atoms with Crippen LogP contribution in [0.5, 0.6) is 0 Å². The number of hydrogen-bond donors (Lipinski definition) is 8. The molecule has 2 aliphatic heterocycles. The van der Waals surface area contributed by atoms with E-state index in [0.717, 1.165) is 44.1 Å². The molecule has 0 amide bonds. The highest BCUT2D eigenvalue weighted by Crippen LogP contribution is 2.86. The third-order valence-electron chi connectivity index (χ3n) is 17.6. The standard InChI is InChI=1S/C42H60O16/c1-7-41-10-9-19(55-35-30(26(47)25(46)29(57-35)33(51)52)58-34-27(48)23(44)24(45)28(56-34)32(49)50)37(2,3)18(41)8-11-42-21(22(43)31(41)42)20-17-16-39(5,36(53)54)13-12-38(17,4)14-15-40(20,42)6/h17-19,23-31,34-35,44-48H,7-16H2,1-6H3,(H,49,50)(H,51,52)(H,53,54)/t17-,18-,19+,23-,24-,25-,26-,27+,28-,29-,30+,31+,34-,35-,38+,39+,40+,41-,42-/m1/s1. The quantitative estimate of drug-likeness (QED) is 0.163. The van der Waals surface area contributed by atoms with Crippen LogP contribution in [-0.2, 0) is 38.1 Å². The molecule has 324 valence electrons. The average molecular weight is 821 g/mol. The molecule has 0 unspecified atom stereocenters. The Balaban J connectivity index is 1.08. The largest absolute Gasteiger partial charge is 0.481 e. The molecule has 58 heavy (non-hydrogen) atoms. The van der Waals surface area contributed by atoms with Gasteiger partial charge in [0.25, 0.3) is 0 Å². The number of aliphatic hydroxyl groups excluding tert-OH is 5. The maximum Gasteiger partial charge on any atom is 0.335 e. The van der Waals surface area contributed by atoms with E-state index in [1.165, 1.54) is 5.57 Å². The molecule has 0 aromatic carbocycles. The molecule has 8 aliphatic rings. The number of carbonyl (C=O) groups excluding carboxylic acids is 1. The Morgan fingerprint density at radius 3 is 1.93 bits per heavy atom. The minimum Gasteiger partial charge on any atom is -0.481 e. The van der Waals surface area contributed by atoms with Gasteiger partial charge in [-0.3, -0.25) is 9.59 Å². The third-order valence-corrected chi connectivity index (χ3v) is 17.6. The van der Waals surface area contributed by atoms with Gasteiger partial charge in [-0.2, -0.15) is 0 Å². The van der Waals surface area contributed by atoms with Crippen molar-refractivity contribution in [1.82, 2.24) is 0 Å². The van der Waals surface area contributed by atoms with Crippen LogP contribution in [0.1, 0.15) is 106 Å². The fourth-order valence-electron chi connectivity index (χ4n) is 14.2. The lowest BCUT2D eigenvalue weighted by atomic mass is 9.22. The maximum atomic E-state index is 14.8. The number of carboxylic acids is 3. The molecule has 1 spiro atoms. The number of Topliss-reactive ketones (excluding diaryl/α,β-unsaturated/α-hetero) is 1. The van der Waals surface area contributed by atoms with E-state index in [1.54, 1.807) is 0 Å². The van der Waals surface area contributed by atoms with Crippen molar-refractivity contribution in [2.24, 2.45) is 50.2 Å². The van der Waals surface area contributed by atoms with Gasteiger partial charge < -0.3 is 59.8 Å². The maximum absolute atomic E-state index is 14.8. The smallest absolute Gasteiger partial charge is 0.335 e. The average Bonchev–Trinajstić information content (AvgIpc) is 3.16. The monoisotopic (exact) mass is 820 g/mol. The van der Waals surface area contributed by atoms with E-state index < -0.39 is 102 Å². The van der Waals surface area contributed by atoms with Gasteiger partial charge >= 0.3 is 17.9 Å². The second kappa shape index (κ2) is 13.5.